The van der Waals surface area contributed by atoms with Crippen LogP contribution >= 0.6 is 11.6 Å². The largest absolute Gasteiger partial charge is 0.474 e. The van der Waals surface area contributed by atoms with Crippen molar-refractivity contribution in [2.75, 3.05) is 13.2 Å². The number of amides is 1. The molecule has 2 aromatic carbocycles. The van der Waals surface area contributed by atoms with Gasteiger partial charge in [-0.2, -0.15) is 5.10 Å². The van der Waals surface area contributed by atoms with Gasteiger partial charge < -0.3 is 19.9 Å². The van der Waals surface area contributed by atoms with Crippen LogP contribution in [0.2, 0.25) is 5.02 Å². The van der Waals surface area contributed by atoms with Crippen LogP contribution in [0, 0.1) is 0 Å². The maximum absolute atomic E-state index is 13.0. The highest BCUT2D eigenvalue weighted by Crippen LogP contribution is 2.23. The van der Waals surface area contributed by atoms with E-state index in [9.17, 15) is 14.7 Å². The Kier molecular flexibility index (Phi) is 9.67. The van der Waals surface area contributed by atoms with Crippen LogP contribution in [0.5, 0.6) is 5.88 Å². The van der Waals surface area contributed by atoms with Gasteiger partial charge in [0.05, 0.1) is 6.61 Å². The minimum atomic E-state index is -1.38. The minimum Gasteiger partial charge on any atom is -0.474 e. The Labute approximate surface area is 215 Å². The lowest BCUT2D eigenvalue weighted by atomic mass is 9.97. The molecule has 2 atom stereocenters. The molecular formula is C27H30ClN3O5. The monoisotopic (exact) mass is 511 g/mol. The summed E-state index contributed by atoms with van der Waals surface area (Å²) >= 11 is 6.11. The number of rotatable bonds is 12. The Balaban J connectivity index is 1.76. The lowest BCUT2D eigenvalue weighted by Gasteiger charge is -2.21. The summed E-state index contributed by atoms with van der Waals surface area (Å²) in [6.07, 6.45) is 0.575. The number of aryl methyl sites for hydroxylation is 1. The molecule has 0 unspecified atom stereocenters. The first-order chi connectivity index (χ1) is 17.3. The Morgan fingerprint density at radius 2 is 1.94 bits per heavy atom. The van der Waals surface area contributed by atoms with Crippen LogP contribution in [-0.4, -0.2) is 52.1 Å². The first kappa shape index (κ1) is 27.0. The van der Waals surface area contributed by atoms with E-state index >= 15 is 0 Å². The SMILES string of the molecule is C=CCOc1cc(C(=O)N[C@H](Cc2ccc(-c3cccc(Cl)c3)cc2)C[C@@H](O)C(=O)OCC)nn1C. The molecule has 2 N–H and O–H groups in total. The van der Waals surface area contributed by atoms with Gasteiger partial charge in [-0.15, -0.1) is 0 Å². The Morgan fingerprint density at radius 1 is 1.19 bits per heavy atom. The quantitative estimate of drug-likeness (QED) is 0.282. The van der Waals surface area contributed by atoms with Crippen molar-refractivity contribution in [2.24, 2.45) is 7.05 Å². The summed E-state index contributed by atoms with van der Waals surface area (Å²) in [6, 6.07) is 16.3. The topological polar surface area (TPSA) is 103 Å². The molecule has 0 aliphatic carbocycles. The second kappa shape index (κ2) is 12.9. The number of hydrogen-bond acceptors (Lipinski definition) is 6. The summed E-state index contributed by atoms with van der Waals surface area (Å²) in [7, 11) is 1.67. The van der Waals surface area contributed by atoms with Gasteiger partial charge in [0, 0.05) is 30.6 Å². The van der Waals surface area contributed by atoms with Crippen molar-refractivity contribution in [3.8, 4) is 17.0 Å². The van der Waals surface area contributed by atoms with E-state index in [1.54, 1.807) is 20.0 Å². The number of carbonyl (C=O) groups is 2. The van der Waals surface area contributed by atoms with E-state index in [1.165, 1.54) is 10.7 Å². The molecule has 0 radical (unpaired) electrons. The number of halogens is 1. The lowest BCUT2D eigenvalue weighted by molar-refractivity contribution is -0.153. The third-order valence-electron chi connectivity index (χ3n) is 5.41. The van der Waals surface area contributed by atoms with Crippen molar-refractivity contribution in [3.05, 3.63) is 83.5 Å². The van der Waals surface area contributed by atoms with Crippen LogP contribution in [0.15, 0.2) is 67.3 Å². The molecule has 0 aliphatic rings. The Morgan fingerprint density at radius 3 is 2.61 bits per heavy atom. The number of ether oxygens (including phenoxy) is 2. The number of esters is 1. The van der Waals surface area contributed by atoms with Gasteiger partial charge in [0.1, 0.15) is 6.61 Å². The molecule has 3 rings (SSSR count). The first-order valence-corrected chi connectivity index (χ1v) is 12.0. The lowest BCUT2D eigenvalue weighted by Crippen LogP contribution is -2.41. The summed E-state index contributed by atoms with van der Waals surface area (Å²) in [5.74, 6) is -0.763. The Bertz CT molecular complexity index is 1190. The zero-order valence-corrected chi connectivity index (χ0v) is 21.1. The molecule has 0 aliphatic heterocycles. The number of aliphatic hydroxyl groups excluding tert-OH is 1. The average molecular weight is 512 g/mol. The second-order valence-corrected chi connectivity index (χ2v) is 8.61. The molecule has 1 heterocycles. The number of carbonyl (C=O) groups excluding carboxylic acids is 2. The van der Waals surface area contributed by atoms with E-state index in [1.807, 2.05) is 48.5 Å². The van der Waals surface area contributed by atoms with Gasteiger partial charge in [-0.3, -0.25) is 4.79 Å². The minimum absolute atomic E-state index is 0.0206. The summed E-state index contributed by atoms with van der Waals surface area (Å²) < 4.78 is 11.9. The molecule has 3 aromatic rings. The zero-order valence-electron chi connectivity index (χ0n) is 20.3. The maximum atomic E-state index is 13.0. The summed E-state index contributed by atoms with van der Waals surface area (Å²) in [4.78, 5) is 25.0. The number of aromatic nitrogens is 2. The van der Waals surface area contributed by atoms with Crippen molar-refractivity contribution in [1.29, 1.82) is 0 Å². The van der Waals surface area contributed by atoms with Crippen LogP contribution < -0.4 is 10.1 Å². The molecular weight excluding hydrogens is 482 g/mol. The molecule has 9 heteroatoms. The predicted octanol–water partition coefficient (Wildman–Crippen LogP) is 3.96. The Hall–Kier alpha value is -3.62. The molecule has 1 aromatic heterocycles. The van der Waals surface area contributed by atoms with Gasteiger partial charge in [-0.1, -0.05) is 60.7 Å². The van der Waals surface area contributed by atoms with Crippen LogP contribution in [0.4, 0.5) is 0 Å². The van der Waals surface area contributed by atoms with Gasteiger partial charge in [0.2, 0.25) is 5.88 Å². The predicted molar refractivity (Wildman–Crippen MR) is 138 cm³/mol. The van der Waals surface area contributed by atoms with E-state index < -0.39 is 24.0 Å². The van der Waals surface area contributed by atoms with E-state index in [4.69, 9.17) is 21.1 Å². The fraction of sp³-hybridized carbons (Fsp3) is 0.296. The van der Waals surface area contributed by atoms with E-state index in [-0.39, 0.29) is 25.3 Å². The summed E-state index contributed by atoms with van der Waals surface area (Å²) in [5, 5.41) is 18.1. The van der Waals surface area contributed by atoms with Gasteiger partial charge in [-0.05, 0) is 42.2 Å². The molecule has 36 heavy (non-hydrogen) atoms. The van der Waals surface area contributed by atoms with Gasteiger partial charge in [0.25, 0.3) is 5.91 Å². The fourth-order valence-corrected chi connectivity index (χ4v) is 3.87. The van der Waals surface area contributed by atoms with Crippen molar-refractivity contribution in [2.45, 2.75) is 31.9 Å². The summed E-state index contributed by atoms with van der Waals surface area (Å²) in [6.45, 7) is 5.70. The highest BCUT2D eigenvalue weighted by molar-refractivity contribution is 6.30. The highest BCUT2D eigenvalue weighted by atomic mass is 35.5. The van der Waals surface area contributed by atoms with Crippen LogP contribution in [0.1, 0.15) is 29.4 Å². The smallest absolute Gasteiger partial charge is 0.335 e. The standard InChI is InChI=1S/C27H30ClN3O5/c1-4-13-36-25-17-23(30-31(25)3)26(33)29-22(16-24(32)27(34)35-5-2)14-18-9-11-19(12-10-18)20-7-6-8-21(28)15-20/h4,6-12,15,17,22,24,32H,1,5,13-14,16H2,2-3H3,(H,29,33)/t22-,24-/m1/s1. The highest BCUT2D eigenvalue weighted by Gasteiger charge is 2.25. The first-order valence-electron chi connectivity index (χ1n) is 11.6. The van der Waals surface area contributed by atoms with Crippen molar-refractivity contribution < 1.29 is 24.2 Å². The van der Waals surface area contributed by atoms with Gasteiger partial charge in [-0.25, -0.2) is 9.48 Å². The van der Waals surface area contributed by atoms with Gasteiger partial charge >= 0.3 is 5.97 Å². The van der Waals surface area contributed by atoms with Crippen LogP contribution in [-0.2, 0) is 23.0 Å². The average Bonchev–Trinajstić information content (AvgIpc) is 3.23. The third-order valence-corrected chi connectivity index (χ3v) is 5.65. The normalized spacial score (nSPS) is 12.4. The van der Waals surface area contributed by atoms with Crippen LogP contribution in [0.25, 0.3) is 11.1 Å². The van der Waals surface area contributed by atoms with Crippen molar-refractivity contribution in [1.82, 2.24) is 15.1 Å². The van der Waals surface area contributed by atoms with E-state index in [0.717, 1.165) is 16.7 Å². The summed E-state index contributed by atoms with van der Waals surface area (Å²) in [5.41, 5.74) is 3.05. The van der Waals surface area contributed by atoms with Crippen molar-refractivity contribution >= 4 is 23.5 Å². The number of aliphatic hydroxyl groups is 1. The second-order valence-electron chi connectivity index (χ2n) is 8.18. The van der Waals surface area contributed by atoms with Crippen molar-refractivity contribution in [3.63, 3.8) is 0 Å². The molecule has 190 valence electrons. The maximum Gasteiger partial charge on any atom is 0.335 e. The number of nitrogens with zero attached hydrogens (tertiary/aromatic N) is 2. The molecule has 0 saturated heterocycles. The zero-order chi connectivity index (χ0) is 26.1. The molecule has 8 nitrogen and oxygen atoms in total. The number of nitrogens with one attached hydrogen (secondary N) is 1. The number of hydrogen-bond donors (Lipinski definition) is 2. The van der Waals surface area contributed by atoms with Gasteiger partial charge in [0.15, 0.2) is 11.8 Å². The molecule has 1 amide bonds. The van der Waals surface area contributed by atoms with Crippen LogP contribution in [0.3, 0.4) is 0 Å². The van der Waals surface area contributed by atoms with E-state index in [2.05, 4.69) is 17.0 Å². The molecule has 0 spiro atoms. The third kappa shape index (κ3) is 7.44. The number of benzene rings is 2. The molecule has 0 bridgehead atoms. The van der Waals surface area contributed by atoms with E-state index in [0.29, 0.717) is 17.3 Å². The fourth-order valence-electron chi connectivity index (χ4n) is 3.68. The molecule has 0 saturated carbocycles. The molecule has 0 fully saturated rings.